The van der Waals surface area contributed by atoms with E-state index < -0.39 is 0 Å². The normalized spacial score (nSPS) is 15.0. The highest BCUT2D eigenvalue weighted by atomic mass is 16.5. The topological polar surface area (TPSA) is 24.9 Å². The molecular formula is C19H36N2O2. The Kier molecular flexibility index (Phi) is 15.0. The molecule has 1 aromatic carbocycles. The molecule has 0 aliphatic carbocycles. The van der Waals surface area contributed by atoms with Gasteiger partial charge in [0.2, 0.25) is 0 Å². The van der Waals surface area contributed by atoms with Crippen LogP contribution in [0.15, 0.2) is 30.3 Å². The monoisotopic (exact) mass is 324 g/mol. The van der Waals surface area contributed by atoms with Crippen molar-refractivity contribution >= 4 is 0 Å². The zero-order valence-electron chi connectivity index (χ0n) is 15.8. The lowest BCUT2D eigenvalue weighted by Gasteiger charge is -2.32. The molecule has 0 radical (unpaired) electrons. The molecule has 4 heteroatoms. The van der Waals surface area contributed by atoms with E-state index in [1.54, 1.807) is 7.11 Å². The minimum atomic E-state index is 0.850. The highest BCUT2D eigenvalue weighted by molar-refractivity contribution is 5.20. The number of likely N-dealkylation sites (N-methyl/N-ethyl adjacent to an activating group) is 1. The summed E-state index contributed by atoms with van der Waals surface area (Å²) in [5, 5.41) is 0. The van der Waals surface area contributed by atoms with Crippen molar-refractivity contribution in [3.8, 4) is 5.75 Å². The fraction of sp³-hybridized carbons (Fsp3) is 0.684. The second-order valence-electron chi connectivity index (χ2n) is 5.21. The van der Waals surface area contributed by atoms with Crippen LogP contribution in [-0.4, -0.2) is 69.9 Å². The fourth-order valence-corrected chi connectivity index (χ4v) is 2.16. The number of benzene rings is 1. The molecule has 1 aliphatic heterocycles. The molecule has 4 nitrogen and oxygen atoms in total. The summed E-state index contributed by atoms with van der Waals surface area (Å²) in [4.78, 5) is 4.91. The summed E-state index contributed by atoms with van der Waals surface area (Å²) in [5.41, 5.74) is 0. The smallest absolute Gasteiger partial charge is 0.118 e. The number of hydrogen-bond acceptors (Lipinski definition) is 4. The lowest BCUT2D eigenvalue weighted by Crippen LogP contribution is -2.44. The van der Waals surface area contributed by atoms with Crippen LogP contribution in [0.5, 0.6) is 5.75 Å². The standard InChI is InChI=1S/C10H22N2O.C7H8O.C2H6/c1-3-13-10-4-5-12-8-6-11(2)7-9-12;1-8-7-5-3-2-4-6-7;1-2/h3-10H2,1-2H3;2-6H,1H3;1-2H3. The minimum Gasteiger partial charge on any atom is -0.497 e. The van der Waals surface area contributed by atoms with E-state index in [4.69, 9.17) is 9.47 Å². The maximum atomic E-state index is 5.31. The second-order valence-corrected chi connectivity index (χ2v) is 5.21. The van der Waals surface area contributed by atoms with E-state index in [1.165, 1.54) is 39.1 Å². The first kappa shape index (κ1) is 21.9. The van der Waals surface area contributed by atoms with Gasteiger partial charge in [-0.3, -0.25) is 0 Å². The summed E-state index contributed by atoms with van der Waals surface area (Å²) >= 11 is 0. The van der Waals surface area contributed by atoms with Gasteiger partial charge in [-0.2, -0.15) is 0 Å². The van der Waals surface area contributed by atoms with E-state index in [-0.39, 0.29) is 0 Å². The number of methoxy groups -OCH3 is 1. The van der Waals surface area contributed by atoms with E-state index in [2.05, 4.69) is 23.8 Å². The van der Waals surface area contributed by atoms with Gasteiger partial charge in [-0.25, -0.2) is 0 Å². The third kappa shape index (κ3) is 12.0. The van der Waals surface area contributed by atoms with Crippen LogP contribution < -0.4 is 4.74 Å². The number of para-hydroxylation sites is 1. The van der Waals surface area contributed by atoms with Gasteiger partial charge < -0.3 is 19.3 Å². The van der Waals surface area contributed by atoms with Gasteiger partial charge in [0.25, 0.3) is 0 Å². The summed E-state index contributed by atoms with van der Waals surface area (Å²) in [6.07, 6.45) is 1.18. The minimum absolute atomic E-state index is 0.850. The third-order valence-corrected chi connectivity index (χ3v) is 3.54. The number of hydrogen-bond donors (Lipinski definition) is 0. The van der Waals surface area contributed by atoms with Crippen molar-refractivity contribution in [2.75, 3.05) is 60.1 Å². The average molecular weight is 325 g/mol. The first-order valence-corrected chi connectivity index (χ1v) is 8.84. The van der Waals surface area contributed by atoms with Crippen molar-refractivity contribution in [2.45, 2.75) is 27.2 Å². The Bertz CT molecular complexity index is 338. The highest BCUT2D eigenvalue weighted by Gasteiger charge is 2.12. The SMILES string of the molecule is CC.CCOCCCN1CCN(C)CC1.COc1ccccc1. The molecule has 1 aromatic rings. The Morgan fingerprint density at radius 3 is 2.09 bits per heavy atom. The Morgan fingerprint density at radius 2 is 1.61 bits per heavy atom. The predicted molar refractivity (Wildman–Crippen MR) is 99.4 cm³/mol. The van der Waals surface area contributed by atoms with Crippen LogP contribution in [0.25, 0.3) is 0 Å². The van der Waals surface area contributed by atoms with Crippen LogP contribution in [0.3, 0.4) is 0 Å². The van der Waals surface area contributed by atoms with Crippen molar-refractivity contribution in [3.05, 3.63) is 30.3 Å². The molecule has 0 atom stereocenters. The van der Waals surface area contributed by atoms with Crippen LogP contribution in [-0.2, 0) is 4.74 Å². The number of nitrogens with zero attached hydrogens (tertiary/aromatic N) is 2. The molecule has 1 heterocycles. The molecule has 1 fully saturated rings. The Balaban J connectivity index is 0.000000414. The first-order chi connectivity index (χ1) is 11.3. The maximum Gasteiger partial charge on any atom is 0.118 e. The second kappa shape index (κ2) is 15.8. The van der Waals surface area contributed by atoms with Gasteiger partial charge in [0.05, 0.1) is 7.11 Å². The summed E-state index contributed by atoms with van der Waals surface area (Å²) in [7, 11) is 3.85. The quantitative estimate of drug-likeness (QED) is 0.749. The van der Waals surface area contributed by atoms with Gasteiger partial charge in [0, 0.05) is 45.9 Å². The molecular weight excluding hydrogens is 288 g/mol. The van der Waals surface area contributed by atoms with Crippen molar-refractivity contribution in [1.82, 2.24) is 9.80 Å². The van der Waals surface area contributed by atoms with Crippen LogP contribution in [0.4, 0.5) is 0 Å². The van der Waals surface area contributed by atoms with Gasteiger partial charge in [-0.1, -0.05) is 32.0 Å². The van der Waals surface area contributed by atoms with Gasteiger partial charge in [-0.05, 0) is 32.5 Å². The van der Waals surface area contributed by atoms with Crippen molar-refractivity contribution < 1.29 is 9.47 Å². The molecule has 0 amide bonds. The average Bonchev–Trinajstić information content (AvgIpc) is 2.63. The molecule has 0 unspecified atom stereocenters. The predicted octanol–water partition coefficient (Wildman–Crippen LogP) is 3.38. The van der Waals surface area contributed by atoms with E-state index in [0.717, 1.165) is 19.0 Å². The van der Waals surface area contributed by atoms with Crippen LogP contribution in [0.1, 0.15) is 27.2 Å². The molecule has 23 heavy (non-hydrogen) atoms. The summed E-state index contributed by atoms with van der Waals surface area (Å²) in [5.74, 6) is 0.910. The lowest BCUT2D eigenvalue weighted by atomic mass is 10.3. The number of piperazine rings is 1. The molecule has 0 aromatic heterocycles. The molecule has 134 valence electrons. The molecule has 2 rings (SSSR count). The Labute approximate surface area is 143 Å². The largest absolute Gasteiger partial charge is 0.497 e. The lowest BCUT2D eigenvalue weighted by molar-refractivity contribution is 0.113. The highest BCUT2D eigenvalue weighted by Crippen LogP contribution is 2.05. The molecule has 0 bridgehead atoms. The fourth-order valence-electron chi connectivity index (χ4n) is 2.16. The Morgan fingerprint density at radius 1 is 1.00 bits per heavy atom. The summed E-state index contributed by atoms with van der Waals surface area (Å²) < 4.78 is 10.2. The third-order valence-electron chi connectivity index (χ3n) is 3.54. The van der Waals surface area contributed by atoms with Crippen LogP contribution >= 0.6 is 0 Å². The maximum absolute atomic E-state index is 5.31. The van der Waals surface area contributed by atoms with Crippen molar-refractivity contribution in [3.63, 3.8) is 0 Å². The molecule has 0 spiro atoms. The summed E-state index contributed by atoms with van der Waals surface area (Å²) in [6, 6.07) is 9.68. The van der Waals surface area contributed by atoms with Crippen molar-refractivity contribution in [2.24, 2.45) is 0 Å². The van der Waals surface area contributed by atoms with E-state index in [1.807, 2.05) is 44.2 Å². The number of ether oxygens (including phenoxy) is 2. The zero-order valence-corrected chi connectivity index (χ0v) is 15.8. The molecule has 0 N–H and O–H groups in total. The van der Waals surface area contributed by atoms with Crippen LogP contribution in [0.2, 0.25) is 0 Å². The summed E-state index contributed by atoms with van der Waals surface area (Å²) in [6.45, 7) is 13.9. The number of rotatable bonds is 6. The van der Waals surface area contributed by atoms with Gasteiger partial charge in [0.1, 0.15) is 5.75 Å². The van der Waals surface area contributed by atoms with Gasteiger partial charge >= 0.3 is 0 Å². The van der Waals surface area contributed by atoms with Crippen LogP contribution in [0, 0.1) is 0 Å². The van der Waals surface area contributed by atoms with Crippen molar-refractivity contribution in [1.29, 1.82) is 0 Å². The molecule has 1 saturated heterocycles. The molecule has 1 aliphatic rings. The first-order valence-electron chi connectivity index (χ1n) is 8.84. The Hall–Kier alpha value is -1.10. The van der Waals surface area contributed by atoms with Gasteiger partial charge in [0.15, 0.2) is 0 Å². The van der Waals surface area contributed by atoms with Gasteiger partial charge in [-0.15, -0.1) is 0 Å². The van der Waals surface area contributed by atoms with E-state index in [9.17, 15) is 0 Å². The van der Waals surface area contributed by atoms with E-state index in [0.29, 0.717) is 0 Å². The zero-order chi connectivity index (χ0) is 17.3. The van der Waals surface area contributed by atoms with E-state index >= 15 is 0 Å². The molecule has 0 saturated carbocycles.